The molecule has 5 nitrogen and oxygen atoms in total. The number of nitrogens with two attached hydrogens (primary N) is 1. The summed E-state index contributed by atoms with van der Waals surface area (Å²) in [6.45, 7) is 0. The number of carbonyl (C=O) groups excluding carboxylic acids is 1. The van der Waals surface area contributed by atoms with Crippen molar-refractivity contribution in [1.82, 2.24) is 9.97 Å². The number of amides is 1. The quantitative estimate of drug-likeness (QED) is 0.766. The number of nitrogens with one attached hydrogen (secondary N) is 1. The van der Waals surface area contributed by atoms with Gasteiger partial charge in [-0.25, -0.2) is 0 Å². The fourth-order valence-electron chi connectivity index (χ4n) is 2.22. The summed E-state index contributed by atoms with van der Waals surface area (Å²) in [6.07, 6.45) is 3.16. The number of nitrogens with zero attached hydrogens (tertiary/aromatic N) is 1. The summed E-state index contributed by atoms with van der Waals surface area (Å²) in [7, 11) is 0. The number of thiophene rings is 1. The van der Waals surface area contributed by atoms with Gasteiger partial charge in [0.05, 0.1) is 11.1 Å². The van der Waals surface area contributed by atoms with Crippen molar-refractivity contribution in [2.24, 2.45) is 5.73 Å². The van der Waals surface area contributed by atoms with Crippen LogP contribution in [0.1, 0.15) is 17.2 Å². The van der Waals surface area contributed by atoms with Crippen molar-refractivity contribution in [3.8, 4) is 0 Å². The van der Waals surface area contributed by atoms with Crippen LogP contribution in [0.15, 0.2) is 46.8 Å². The summed E-state index contributed by atoms with van der Waals surface area (Å²) in [5.41, 5.74) is 6.61. The van der Waals surface area contributed by atoms with Crippen LogP contribution in [0.25, 0.3) is 10.1 Å². The highest BCUT2D eigenvalue weighted by Gasteiger charge is 2.24. The molecule has 1 unspecified atom stereocenters. The average Bonchev–Trinajstić information content (AvgIpc) is 2.93. The van der Waals surface area contributed by atoms with Gasteiger partial charge in [-0.1, -0.05) is 6.07 Å². The molecule has 6 heteroatoms. The molecule has 0 spiro atoms. The summed E-state index contributed by atoms with van der Waals surface area (Å²) < 4.78 is 0.767. The number of hydrogen-bond donors (Lipinski definition) is 2. The molecule has 0 aromatic carbocycles. The van der Waals surface area contributed by atoms with Gasteiger partial charge in [-0.15, -0.1) is 11.3 Å². The van der Waals surface area contributed by atoms with Crippen molar-refractivity contribution < 1.29 is 4.79 Å². The van der Waals surface area contributed by atoms with E-state index >= 15 is 0 Å². The van der Waals surface area contributed by atoms with Crippen LogP contribution in [0, 0.1) is 0 Å². The van der Waals surface area contributed by atoms with Crippen LogP contribution < -0.4 is 11.3 Å². The maximum atomic E-state index is 11.8. The van der Waals surface area contributed by atoms with Gasteiger partial charge in [0.1, 0.15) is 5.92 Å². The van der Waals surface area contributed by atoms with Gasteiger partial charge in [-0.05, 0) is 23.6 Å². The molecule has 3 N–H and O–H groups in total. The van der Waals surface area contributed by atoms with E-state index in [2.05, 4.69) is 9.97 Å². The summed E-state index contributed by atoms with van der Waals surface area (Å²) in [4.78, 5) is 30.4. The predicted octanol–water partition coefficient (Wildman–Crippen LogP) is 1.60. The van der Waals surface area contributed by atoms with E-state index in [1.165, 1.54) is 11.3 Å². The molecular formula is C14H11N3O2S. The number of aromatic amines is 1. The zero-order valence-corrected chi connectivity index (χ0v) is 11.2. The molecule has 1 amide bonds. The predicted molar refractivity (Wildman–Crippen MR) is 77.7 cm³/mol. The highest BCUT2D eigenvalue weighted by molar-refractivity contribution is 7.17. The van der Waals surface area contributed by atoms with Crippen LogP contribution in [-0.4, -0.2) is 15.9 Å². The number of carbonyl (C=O) groups is 1. The highest BCUT2D eigenvalue weighted by atomic mass is 32.1. The Balaban J connectivity index is 2.26. The molecule has 3 rings (SSSR count). The Morgan fingerprint density at radius 1 is 1.35 bits per heavy atom. The molecule has 20 heavy (non-hydrogen) atoms. The van der Waals surface area contributed by atoms with E-state index in [9.17, 15) is 9.59 Å². The molecule has 1 atom stereocenters. The molecular weight excluding hydrogens is 274 g/mol. The zero-order valence-electron chi connectivity index (χ0n) is 10.4. The van der Waals surface area contributed by atoms with Crippen molar-refractivity contribution in [1.29, 1.82) is 0 Å². The van der Waals surface area contributed by atoms with Crippen molar-refractivity contribution in [3.05, 3.63) is 63.7 Å². The van der Waals surface area contributed by atoms with Crippen LogP contribution in [0.3, 0.4) is 0 Å². The van der Waals surface area contributed by atoms with Crippen molar-refractivity contribution in [2.75, 3.05) is 0 Å². The number of primary amides is 1. The molecule has 0 radical (unpaired) electrons. The number of pyridine rings is 2. The van der Waals surface area contributed by atoms with Gasteiger partial charge in [0.2, 0.25) is 5.91 Å². The minimum atomic E-state index is -0.672. The molecule has 3 aromatic heterocycles. The zero-order chi connectivity index (χ0) is 14.1. The third kappa shape index (κ3) is 2.00. The Bertz CT molecular complexity index is 823. The Kier molecular flexibility index (Phi) is 3.08. The van der Waals surface area contributed by atoms with Gasteiger partial charge in [0.15, 0.2) is 0 Å². The number of H-pyrrole nitrogens is 1. The van der Waals surface area contributed by atoms with Crippen LogP contribution in [0.2, 0.25) is 0 Å². The van der Waals surface area contributed by atoms with Gasteiger partial charge in [0, 0.05) is 22.7 Å². The maximum absolute atomic E-state index is 11.8. The van der Waals surface area contributed by atoms with E-state index in [0.29, 0.717) is 16.6 Å². The molecule has 0 fully saturated rings. The van der Waals surface area contributed by atoms with E-state index in [4.69, 9.17) is 5.73 Å². The fraction of sp³-hybridized carbons (Fsp3) is 0.0714. The Morgan fingerprint density at radius 3 is 2.90 bits per heavy atom. The van der Waals surface area contributed by atoms with E-state index in [1.807, 2.05) is 5.38 Å². The second-order valence-electron chi connectivity index (χ2n) is 4.33. The second-order valence-corrected chi connectivity index (χ2v) is 5.24. The summed E-state index contributed by atoms with van der Waals surface area (Å²) >= 11 is 1.41. The smallest absolute Gasteiger partial charge is 0.256 e. The first-order chi connectivity index (χ1) is 9.68. The molecule has 0 saturated carbocycles. The first-order valence-corrected chi connectivity index (χ1v) is 6.85. The summed E-state index contributed by atoms with van der Waals surface area (Å²) in [5, 5.41) is 2.38. The molecule has 3 heterocycles. The third-order valence-electron chi connectivity index (χ3n) is 3.11. The second kappa shape index (κ2) is 4.90. The van der Waals surface area contributed by atoms with Crippen LogP contribution >= 0.6 is 11.3 Å². The third-order valence-corrected chi connectivity index (χ3v) is 4.07. The lowest BCUT2D eigenvalue weighted by Gasteiger charge is -2.13. The summed E-state index contributed by atoms with van der Waals surface area (Å²) in [5.74, 6) is -1.17. The van der Waals surface area contributed by atoms with Gasteiger partial charge in [-0.3, -0.25) is 14.6 Å². The Morgan fingerprint density at radius 2 is 2.20 bits per heavy atom. The van der Waals surface area contributed by atoms with E-state index in [-0.39, 0.29) is 5.56 Å². The number of aromatic nitrogens is 2. The van der Waals surface area contributed by atoms with Crippen molar-refractivity contribution >= 4 is 27.3 Å². The number of rotatable bonds is 3. The van der Waals surface area contributed by atoms with Crippen molar-refractivity contribution in [3.63, 3.8) is 0 Å². The first kappa shape index (κ1) is 12.6. The van der Waals surface area contributed by atoms with Gasteiger partial charge in [0.25, 0.3) is 5.56 Å². The molecule has 0 aliphatic heterocycles. The Hall–Kier alpha value is -2.47. The number of fused-ring (bicyclic) bond motifs is 1. The molecule has 0 aliphatic rings. The molecule has 100 valence electrons. The van der Waals surface area contributed by atoms with E-state index in [0.717, 1.165) is 4.70 Å². The average molecular weight is 285 g/mol. The van der Waals surface area contributed by atoms with E-state index in [1.54, 1.807) is 36.7 Å². The normalized spacial score (nSPS) is 12.4. The van der Waals surface area contributed by atoms with Crippen LogP contribution in [-0.2, 0) is 4.79 Å². The monoisotopic (exact) mass is 285 g/mol. The van der Waals surface area contributed by atoms with Crippen molar-refractivity contribution in [2.45, 2.75) is 5.92 Å². The van der Waals surface area contributed by atoms with Gasteiger partial charge in [-0.2, -0.15) is 0 Å². The lowest BCUT2D eigenvalue weighted by atomic mass is 9.95. The SMILES string of the molecule is NC(=O)C(c1ccccn1)c1c[nH]c(=O)c2ccsc12. The van der Waals surface area contributed by atoms with Gasteiger partial charge < -0.3 is 10.7 Å². The van der Waals surface area contributed by atoms with Gasteiger partial charge >= 0.3 is 0 Å². The van der Waals surface area contributed by atoms with Crippen LogP contribution in [0.5, 0.6) is 0 Å². The molecule has 0 aliphatic carbocycles. The minimum Gasteiger partial charge on any atom is -0.369 e. The molecule has 0 bridgehead atoms. The largest absolute Gasteiger partial charge is 0.369 e. The number of hydrogen-bond acceptors (Lipinski definition) is 4. The Labute approximate surface area is 118 Å². The lowest BCUT2D eigenvalue weighted by molar-refractivity contribution is -0.118. The topological polar surface area (TPSA) is 88.8 Å². The lowest BCUT2D eigenvalue weighted by Crippen LogP contribution is -2.24. The van der Waals surface area contributed by atoms with E-state index < -0.39 is 11.8 Å². The minimum absolute atomic E-state index is 0.172. The first-order valence-electron chi connectivity index (χ1n) is 5.97. The highest BCUT2D eigenvalue weighted by Crippen LogP contribution is 2.30. The standard InChI is InChI=1S/C14H11N3O2S/c15-13(18)11(10-3-1-2-5-16-10)9-7-17-14(19)8-4-6-20-12(8)9/h1-7,11H,(H2,15,18)(H,17,19). The summed E-state index contributed by atoms with van der Waals surface area (Å²) in [6, 6.07) is 7.06. The molecule has 0 saturated heterocycles. The maximum Gasteiger partial charge on any atom is 0.256 e. The molecule has 3 aromatic rings. The van der Waals surface area contributed by atoms with Crippen LogP contribution in [0.4, 0.5) is 0 Å². The fourth-order valence-corrected chi connectivity index (χ4v) is 3.16.